The lowest BCUT2D eigenvalue weighted by Gasteiger charge is -2.28. The van der Waals surface area contributed by atoms with Crippen LogP contribution in [0, 0.1) is 6.92 Å². The van der Waals surface area contributed by atoms with Crippen LogP contribution in [-0.4, -0.2) is 67.2 Å². The molecule has 1 unspecified atom stereocenters. The fourth-order valence-electron chi connectivity index (χ4n) is 2.88. The van der Waals surface area contributed by atoms with Gasteiger partial charge in [-0.05, 0) is 13.3 Å². The maximum atomic E-state index is 11.9. The van der Waals surface area contributed by atoms with Crippen molar-refractivity contribution >= 4 is 23.6 Å². The molecular formula is C16H24N6O3. The van der Waals surface area contributed by atoms with Crippen LogP contribution in [0.15, 0.2) is 6.07 Å². The van der Waals surface area contributed by atoms with Crippen molar-refractivity contribution < 1.29 is 14.3 Å². The van der Waals surface area contributed by atoms with Crippen molar-refractivity contribution in [2.75, 3.05) is 49.6 Å². The maximum absolute atomic E-state index is 11.9. The van der Waals surface area contributed by atoms with Gasteiger partial charge >= 0.3 is 0 Å². The minimum atomic E-state index is -0.407. The third kappa shape index (κ3) is 4.79. The number of carbonyl (C=O) groups excluding carboxylic acids is 2. The first-order chi connectivity index (χ1) is 12.1. The molecule has 2 saturated heterocycles. The Hall–Kier alpha value is -2.42. The van der Waals surface area contributed by atoms with Gasteiger partial charge in [-0.15, -0.1) is 0 Å². The summed E-state index contributed by atoms with van der Waals surface area (Å²) in [6, 6.07) is 1.55. The molecule has 1 atom stereocenters. The number of ether oxygens (including phenoxy) is 1. The van der Waals surface area contributed by atoms with Gasteiger partial charge in [0.25, 0.3) is 0 Å². The highest BCUT2D eigenvalue weighted by Gasteiger charge is 2.26. The molecule has 136 valence electrons. The Morgan fingerprint density at radius 2 is 2.16 bits per heavy atom. The zero-order valence-corrected chi connectivity index (χ0v) is 14.4. The van der Waals surface area contributed by atoms with E-state index in [0.717, 1.165) is 24.6 Å². The lowest BCUT2D eigenvalue weighted by atomic mass is 10.2. The summed E-state index contributed by atoms with van der Waals surface area (Å²) in [5.74, 6) is 1.22. The monoisotopic (exact) mass is 348 g/mol. The van der Waals surface area contributed by atoms with E-state index in [9.17, 15) is 9.59 Å². The summed E-state index contributed by atoms with van der Waals surface area (Å²) in [4.78, 5) is 34.1. The molecule has 3 heterocycles. The van der Waals surface area contributed by atoms with Crippen LogP contribution in [0.1, 0.15) is 18.5 Å². The summed E-state index contributed by atoms with van der Waals surface area (Å²) in [5, 5.41) is 8.60. The van der Waals surface area contributed by atoms with E-state index >= 15 is 0 Å². The van der Waals surface area contributed by atoms with Gasteiger partial charge in [0.05, 0.1) is 13.2 Å². The third-order valence-corrected chi connectivity index (χ3v) is 4.19. The number of rotatable bonds is 6. The van der Waals surface area contributed by atoms with Crippen molar-refractivity contribution in [3.05, 3.63) is 11.8 Å². The van der Waals surface area contributed by atoms with Crippen molar-refractivity contribution in [3.8, 4) is 0 Å². The van der Waals surface area contributed by atoms with Crippen molar-refractivity contribution in [2.24, 2.45) is 0 Å². The van der Waals surface area contributed by atoms with Gasteiger partial charge in [-0.1, -0.05) is 0 Å². The van der Waals surface area contributed by atoms with Gasteiger partial charge in [0.2, 0.25) is 17.8 Å². The topological polar surface area (TPSA) is 108 Å². The van der Waals surface area contributed by atoms with Crippen molar-refractivity contribution in [1.29, 1.82) is 0 Å². The van der Waals surface area contributed by atoms with Gasteiger partial charge in [0.15, 0.2) is 0 Å². The van der Waals surface area contributed by atoms with Crippen molar-refractivity contribution in [1.82, 2.24) is 20.6 Å². The largest absolute Gasteiger partial charge is 0.378 e. The predicted molar refractivity (Wildman–Crippen MR) is 92.5 cm³/mol. The highest BCUT2D eigenvalue weighted by molar-refractivity contribution is 5.90. The van der Waals surface area contributed by atoms with E-state index < -0.39 is 6.04 Å². The minimum Gasteiger partial charge on any atom is -0.378 e. The van der Waals surface area contributed by atoms with Gasteiger partial charge in [-0.2, -0.15) is 4.98 Å². The van der Waals surface area contributed by atoms with Gasteiger partial charge < -0.3 is 25.6 Å². The number of hydrogen-bond acceptors (Lipinski definition) is 7. The number of amides is 2. The smallest absolute Gasteiger partial charge is 0.242 e. The second kappa shape index (κ2) is 8.11. The molecule has 0 aliphatic carbocycles. The quantitative estimate of drug-likeness (QED) is 0.591. The molecule has 2 aliphatic heterocycles. The van der Waals surface area contributed by atoms with Gasteiger partial charge in [-0.25, -0.2) is 4.98 Å². The normalized spacial score (nSPS) is 20.3. The molecule has 2 amide bonds. The van der Waals surface area contributed by atoms with E-state index in [1.807, 2.05) is 13.0 Å². The van der Waals surface area contributed by atoms with Crippen LogP contribution < -0.4 is 20.9 Å². The second-order valence-electron chi connectivity index (χ2n) is 6.17. The van der Waals surface area contributed by atoms with E-state index in [0.29, 0.717) is 45.1 Å². The lowest BCUT2D eigenvalue weighted by Crippen LogP contribution is -2.43. The van der Waals surface area contributed by atoms with Gasteiger partial charge in [-0.3, -0.25) is 9.59 Å². The number of nitrogens with one attached hydrogen (secondary N) is 3. The zero-order valence-electron chi connectivity index (χ0n) is 14.4. The Bertz CT molecular complexity index is 632. The van der Waals surface area contributed by atoms with Crippen LogP contribution in [0.4, 0.5) is 11.8 Å². The SMILES string of the molecule is Cc1cc(N2CCOCC2)nc(NCCNC(=O)C2CCC(=O)N2)n1. The van der Waals surface area contributed by atoms with E-state index in [-0.39, 0.29) is 11.8 Å². The molecule has 9 heteroatoms. The lowest BCUT2D eigenvalue weighted by molar-refractivity contribution is -0.125. The highest BCUT2D eigenvalue weighted by atomic mass is 16.5. The maximum Gasteiger partial charge on any atom is 0.242 e. The average Bonchev–Trinajstić information content (AvgIpc) is 3.05. The van der Waals surface area contributed by atoms with Crippen LogP contribution in [0.3, 0.4) is 0 Å². The Kier molecular flexibility index (Phi) is 5.64. The van der Waals surface area contributed by atoms with Crippen molar-refractivity contribution in [3.63, 3.8) is 0 Å². The van der Waals surface area contributed by atoms with E-state index in [1.165, 1.54) is 0 Å². The fraction of sp³-hybridized carbons (Fsp3) is 0.625. The molecule has 0 aromatic carbocycles. The molecule has 25 heavy (non-hydrogen) atoms. The number of aromatic nitrogens is 2. The number of carbonyl (C=O) groups is 2. The van der Waals surface area contributed by atoms with Crippen LogP contribution >= 0.6 is 0 Å². The highest BCUT2D eigenvalue weighted by Crippen LogP contribution is 2.16. The predicted octanol–water partition coefficient (Wildman–Crippen LogP) is -0.572. The fourth-order valence-corrected chi connectivity index (χ4v) is 2.88. The number of morpholine rings is 1. The second-order valence-corrected chi connectivity index (χ2v) is 6.17. The first-order valence-electron chi connectivity index (χ1n) is 8.61. The number of anilines is 2. The van der Waals surface area contributed by atoms with Crippen LogP contribution in [0.25, 0.3) is 0 Å². The summed E-state index contributed by atoms with van der Waals surface area (Å²) < 4.78 is 5.37. The van der Waals surface area contributed by atoms with Crippen LogP contribution in [0.2, 0.25) is 0 Å². The molecule has 0 saturated carbocycles. The number of aryl methyl sites for hydroxylation is 1. The Morgan fingerprint density at radius 3 is 2.88 bits per heavy atom. The third-order valence-electron chi connectivity index (χ3n) is 4.19. The summed E-state index contributed by atoms with van der Waals surface area (Å²) in [6.45, 7) is 5.93. The average molecular weight is 348 g/mol. The van der Waals surface area contributed by atoms with E-state index in [4.69, 9.17) is 4.74 Å². The van der Waals surface area contributed by atoms with Crippen molar-refractivity contribution in [2.45, 2.75) is 25.8 Å². The first kappa shape index (κ1) is 17.4. The summed E-state index contributed by atoms with van der Waals surface area (Å²) >= 11 is 0. The molecule has 1 aromatic heterocycles. The van der Waals surface area contributed by atoms with Crippen LogP contribution in [-0.2, 0) is 14.3 Å². The van der Waals surface area contributed by atoms with Crippen LogP contribution in [0.5, 0.6) is 0 Å². The zero-order chi connectivity index (χ0) is 17.6. The van der Waals surface area contributed by atoms with Gasteiger partial charge in [0, 0.05) is 44.4 Å². The molecule has 0 radical (unpaired) electrons. The Morgan fingerprint density at radius 1 is 1.36 bits per heavy atom. The minimum absolute atomic E-state index is 0.0675. The number of hydrogen-bond donors (Lipinski definition) is 3. The molecule has 1 aromatic rings. The Balaban J connectivity index is 1.47. The molecule has 9 nitrogen and oxygen atoms in total. The molecule has 3 rings (SSSR count). The summed E-state index contributed by atoms with van der Waals surface area (Å²) in [5.41, 5.74) is 0.886. The molecule has 2 aliphatic rings. The first-order valence-corrected chi connectivity index (χ1v) is 8.61. The summed E-state index contributed by atoms with van der Waals surface area (Å²) in [6.07, 6.45) is 0.972. The molecule has 2 fully saturated rings. The Labute approximate surface area is 146 Å². The summed E-state index contributed by atoms with van der Waals surface area (Å²) in [7, 11) is 0. The van der Waals surface area contributed by atoms with E-state index in [2.05, 4.69) is 30.8 Å². The molecular weight excluding hydrogens is 324 g/mol. The number of nitrogens with zero attached hydrogens (tertiary/aromatic N) is 3. The molecule has 0 spiro atoms. The molecule has 0 bridgehead atoms. The molecule has 3 N–H and O–H groups in total. The van der Waals surface area contributed by atoms with E-state index in [1.54, 1.807) is 0 Å². The van der Waals surface area contributed by atoms with Gasteiger partial charge in [0.1, 0.15) is 11.9 Å². The standard InChI is InChI=1S/C16H24N6O3/c1-11-10-13(22-6-8-25-9-7-22)21-16(19-11)18-5-4-17-15(24)12-2-3-14(23)20-12/h10,12H,2-9H2,1H3,(H,17,24)(H,20,23)(H,18,19,21).